The van der Waals surface area contributed by atoms with Crippen LogP contribution in [0, 0.1) is 0 Å². The monoisotopic (exact) mass is 402 g/mol. The van der Waals surface area contributed by atoms with Crippen LogP contribution in [0.2, 0.25) is 0 Å². The number of fused-ring (bicyclic) bond motifs is 1. The van der Waals surface area contributed by atoms with Gasteiger partial charge in [0.25, 0.3) is 5.91 Å². The van der Waals surface area contributed by atoms with Crippen molar-refractivity contribution in [3.05, 3.63) is 64.7 Å². The maximum atomic E-state index is 12.2. The van der Waals surface area contributed by atoms with E-state index in [1.54, 1.807) is 25.1 Å². The average Bonchev–Trinajstić information content (AvgIpc) is 3.13. The van der Waals surface area contributed by atoms with Crippen LogP contribution in [0.1, 0.15) is 46.4 Å². The van der Waals surface area contributed by atoms with Gasteiger partial charge in [0, 0.05) is 0 Å². The molecule has 2 aromatic rings. The fourth-order valence-corrected chi connectivity index (χ4v) is 3.74. The SMILES string of the molecule is C[C@@H](NC(=O)COC(=O)c1ccc2c(c1)CCC2)c1ccc(S(N)(=O)=O)cc1. The molecule has 1 aliphatic rings. The van der Waals surface area contributed by atoms with Crippen molar-refractivity contribution in [2.45, 2.75) is 37.1 Å². The maximum absolute atomic E-state index is 12.2. The van der Waals surface area contributed by atoms with Gasteiger partial charge < -0.3 is 10.1 Å². The Hall–Kier alpha value is -2.71. The molecule has 28 heavy (non-hydrogen) atoms. The van der Waals surface area contributed by atoms with E-state index < -0.39 is 28.5 Å². The van der Waals surface area contributed by atoms with Crippen molar-refractivity contribution in [3.63, 3.8) is 0 Å². The van der Waals surface area contributed by atoms with E-state index in [-0.39, 0.29) is 10.9 Å². The first-order valence-electron chi connectivity index (χ1n) is 8.95. The Morgan fingerprint density at radius 2 is 1.79 bits per heavy atom. The number of hydrogen-bond donors (Lipinski definition) is 2. The van der Waals surface area contributed by atoms with Gasteiger partial charge in [0.2, 0.25) is 10.0 Å². The second kappa shape index (κ2) is 8.12. The van der Waals surface area contributed by atoms with Gasteiger partial charge in [-0.2, -0.15) is 0 Å². The van der Waals surface area contributed by atoms with E-state index in [9.17, 15) is 18.0 Å². The first kappa shape index (κ1) is 20.0. The van der Waals surface area contributed by atoms with Gasteiger partial charge in [0.05, 0.1) is 16.5 Å². The lowest BCUT2D eigenvalue weighted by Gasteiger charge is -2.15. The number of ether oxygens (including phenoxy) is 1. The summed E-state index contributed by atoms with van der Waals surface area (Å²) in [6, 6.07) is 11.0. The number of amides is 1. The van der Waals surface area contributed by atoms with Crippen molar-refractivity contribution in [2.24, 2.45) is 5.14 Å². The molecule has 2 aromatic carbocycles. The number of rotatable bonds is 6. The van der Waals surface area contributed by atoms with Crippen molar-refractivity contribution in [1.82, 2.24) is 5.32 Å². The molecule has 1 aliphatic carbocycles. The number of benzene rings is 2. The number of aryl methyl sites for hydroxylation is 2. The maximum Gasteiger partial charge on any atom is 0.338 e. The summed E-state index contributed by atoms with van der Waals surface area (Å²) < 4.78 is 27.7. The first-order valence-corrected chi connectivity index (χ1v) is 10.5. The Morgan fingerprint density at radius 3 is 2.46 bits per heavy atom. The molecule has 7 nitrogen and oxygen atoms in total. The van der Waals surface area contributed by atoms with Crippen LogP contribution in [0.3, 0.4) is 0 Å². The lowest BCUT2D eigenvalue weighted by atomic mass is 10.1. The van der Waals surface area contributed by atoms with Gasteiger partial charge in [-0.15, -0.1) is 0 Å². The number of esters is 1. The van der Waals surface area contributed by atoms with Crippen molar-refractivity contribution in [1.29, 1.82) is 0 Å². The highest BCUT2D eigenvalue weighted by atomic mass is 32.2. The number of primary sulfonamides is 1. The van der Waals surface area contributed by atoms with Crippen LogP contribution in [0.15, 0.2) is 47.4 Å². The van der Waals surface area contributed by atoms with Crippen molar-refractivity contribution in [3.8, 4) is 0 Å². The largest absolute Gasteiger partial charge is 0.452 e. The molecule has 148 valence electrons. The van der Waals surface area contributed by atoms with Crippen LogP contribution in [0.25, 0.3) is 0 Å². The standard InChI is InChI=1S/C20H22N2O5S/c1-13(14-7-9-18(10-8-14)28(21,25)26)22-19(23)12-27-20(24)17-6-5-15-3-2-4-16(15)11-17/h5-11,13H,2-4,12H2,1H3,(H,22,23)(H2,21,25,26)/t13-/m1/s1. The van der Waals surface area contributed by atoms with Crippen molar-refractivity contribution < 1.29 is 22.7 Å². The molecule has 0 aliphatic heterocycles. The zero-order valence-electron chi connectivity index (χ0n) is 15.5. The topological polar surface area (TPSA) is 116 Å². The third kappa shape index (κ3) is 4.76. The van der Waals surface area contributed by atoms with Crippen LogP contribution in [-0.2, 0) is 32.4 Å². The number of nitrogens with one attached hydrogen (secondary N) is 1. The summed E-state index contributed by atoms with van der Waals surface area (Å²) in [5.41, 5.74) is 3.57. The van der Waals surface area contributed by atoms with Crippen LogP contribution in [-0.4, -0.2) is 26.9 Å². The third-order valence-electron chi connectivity index (χ3n) is 4.75. The summed E-state index contributed by atoms with van der Waals surface area (Å²) >= 11 is 0. The van der Waals surface area contributed by atoms with Crippen LogP contribution < -0.4 is 10.5 Å². The van der Waals surface area contributed by atoms with E-state index in [1.165, 1.54) is 17.7 Å². The Kier molecular flexibility index (Phi) is 5.81. The van der Waals surface area contributed by atoms with Crippen LogP contribution >= 0.6 is 0 Å². The molecular weight excluding hydrogens is 380 g/mol. The molecule has 0 bridgehead atoms. The summed E-state index contributed by atoms with van der Waals surface area (Å²) in [5, 5.41) is 7.77. The predicted molar refractivity (Wildman–Crippen MR) is 103 cm³/mol. The molecule has 0 unspecified atom stereocenters. The van der Waals surface area contributed by atoms with E-state index in [2.05, 4.69) is 5.32 Å². The minimum Gasteiger partial charge on any atom is -0.452 e. The van der Waals surface area contributed by atoms with Gasteiger partial charge >= 0.3 is 5.97 Å². The molecule has 0 fully saturated rings. The zero-order valence-corrected chi connectivity index (χ0v) is 16.3. The van der Waals surface area contributed by atoms with Crippen LogP contribution in [0.5, 0.6) is 0 Å². The first-order chi connectivity index (χ1) is 13.2. The highest BCUT2D eigenvalue weighted by molar-refractivity contribution is 7.89. The van der Waals surface area contributed by atoms with Gasteiger partial charge in [-0.1, -0.05) is 18.2 Å². The van der Waals surface area contributed by atoms with Gasteiger partial charge in [0.1, 0.15) is 0 Å². The summed E-state index contributed by atoms with van der Waals surface area (Å²) in [6.45, 7) is 1.35. The van der Waals surface area contributed by atoms with Gasteiger partial charge in [0.15, 0.2) is 6.61 Å². The summed E-state index contributed by atoms with van der Waals surface area (Å²) in [4.78, 5) is 24.2. The second-order valence-electron chi connectivity index (χ2n) is 6.82. The highest BCUT2D eigenvalue weighted by Gasteiger charge is 2.17. The number of sulfonamides is 1. The third-order valence-corrected chi connectivity index (χ3v) is 5.68. The minimum absolute atomic E-state index is 0.00180. The number of nitrogens with two attached hydrogens (primary N) is 1. The van der Waals surface area contributed by atoms with E-state index in [0.29, 0.717) is 11.1 Å². The molecule has 0 aromatic heterocycles. The molecule has 0 heterocycles. The van der Waals surface area contributed by atoms with Crippen molar-refractivity contribution >= 4 is 21.9 Å². The van der Waals surface area contributed by atoms with Gasteiger partial charge in [-0.3, -0.25) is 4.79 Å². The van der Waals surface area contributed by atoms with E-state index in [1.807, 2.05) is 12.1 Å². The lowest BCUT2D eigenvalue weighted by Crippen LogP contribution is -2.31. The van der Waals surface area contributed by atoms with Gasteiger partial charge in [-0.25, -0.2) is 18.4 Å². The molecule has 0 spiro atoms. The quantitative estimate of drug-likeness (QED) is 0.716. The van der Waals surface area contributed by atoms with E-state index in [0.717, 1.165) is 24.8 Å². The zero-order chi connectivity index (χ0) is 20.3. The molecule has 8 heteroatoms. The molecule has 0 saturated carbocycles. The second-order valence-corrected chi connectivity index (χ2v) is 8.38. The summed E-state index contributed by atoms with van der Waals surface area (Å²) in [6.07, 6.45) is 3.08. The number of hydrogen-bond acceptors (Lipinski definition) is 5. The van der Waals surface area contributed by atoms with Crippen molar-refractivity contribution in [2.75, 3.05) is 6.61 Å². The van der Waals surface area contributed by atoms with Gasteiger partial charge in [-0.05, 0) is 67.1 Å². The Bertz CT molecular complexity index is 1000. The molecule has 0 radical (unpaired) electrons. The number of carbonyl (C=O) groups is 2. The fourth-order valence-electron chi connectivity index (χ4n) is 3.23. The lowest BCUT2D eigenvalue weighted by molar-refractivity contribution is -0.124. The molecule has 1 atom stereocenters. The molecule has 3 rings (SSSR count). The summed E-state index contributed by atoms with van der Waals surface area (Å²) in [7, 11) is -3.76. The van der Waals surface area contributed by atoms with E-state index in [4.69, 9.17) is 9.88 Å². The highest BCUT2D eigenvalue weighted by Crippen LogP contribution is 2.23. The fraction of sp³-hybridized carbons (Fsp3) is 0.300. The van der Waals surface area contributed by atoms with Crippen LogP contribution in [0.4, 0.5) is 0 Å². The summed E-state index contributed by atoms with van der Waals surface area (Å²) in [5.74, 6) is -0.979. The Balaban J connectivity index is 1.53. The average molecular weight is 402 g/mol. The minimum atomic E-state index is -3.76. The Morgan fingerprint density at radius 1 is 1.11 bits per heavy atom. The normalized spacial score (nSPS) is 14.2. The van der Waals surface area contributed by atoms with E-state index >= 15 is 0 Å². The molecule has 3 N–H and O–H groups in total. The molecule has 1 amide bonds. The number of carbonyl (C=O) groups excluding carboxylic acids is 2. The molecular formula is C20H22N2O5S. The molecule has 0 saturated heterocycles. The smallest absolute Gasteiger partial charge is 0.338 e. The Labute approximate surface area is 163 Å². The predicted octanol–water partition coefficient (Wildman–Crippen LogP) is 1.86.